The Bertz CT molecular complexity index is 215. The summed E-state index contributed by atoms with van der Waals surface area (Å²) in [7, 11) is 1.68. The summed E-state index contributed by atoms with van der Waals surface area (Å²) >= 11 is 5.20. The third-order valence-electron chi connectivity index (χ3n) is 1.96. The minimum absolute atomic E-state index is 0.508. The van der Waals surface area contributed by atoms with Crippen LogP contribution in [-0.4, -0.2) is 43.4 Å². The number of hydrogen-bond acceptors (Lipinski definition) is 3. The average molecular weight is 229 g/mol. The van der Waals surface area contributed by atoms with E-state index in [-0.39, 0.29) is 0 Å². The molecule has 0 unspecified atom stereocenters. The average Bonchev–Trinajstić information content (AvgIpc) is 2.25. The molecule has 4 nitrogen and oxygen atoms in total. The van der Waals surface area contributed by atoms with Crippen LogP contribution in [0.4, 0.5) is 0 Å². The van der Waals surface area contributed by atoms with Gasteiger partial charge < -0.3 is 15.0 Å². The van der Waals surface area contributed by atoms with E-state index in [1.54, 1.807) is 7.11 Å². The van der Waals surface area contributed by atoms with E-state index in [2.05, 4.69) is 11.4 Å². The van der Waals surface area contributed by atoms with Crippen molar-refractivity contribution in [2.75, 3.05) is 33.4 Å². The monoisotopic (exact) mass is 229 g/mol. The van der Waals surface area contributed by atoms with Crippen LogP contribution in [0.2, 0.25) is 0 Å². The lowest BCUT2D eigenvalue weighted by Gasteiger charge is -2.23. The topological polar surface area (TPSA) is 48.3 Å². The number of nitriles is 1. The standard InChI is InChI=1S/C10H19N3OS/c1-3-13(8-4-6-11)10(15)12-7-5-9-14-2/h3-5,7-9H2,1-2H3,(H,12,15). The number of nitrogens with one attached hydrogen (secondary N) is 1. The Kier molecular flexibility index (Phi) is 9.13. The Hall–Kier alpha value is -0.860. The lowest BCUT2D eigenvalue weighted by molar-refractivity contribution is 0.195. The lowest BCUT2D eigenvalue weighted by Crippen LogP contribution is -2.40. The fraction of sp³-hybridized carbons (Fsp3) is 0.800. The second-order valence-electron chi connectivity index (χ2n) is 3.07. The summed E-state index contributed by atoms with van der Waals surface area (Å²) in [6, 6.07) is 2.11. The van der Waals surface area contributed by atoms with Gasteiger partial charge in [0.05, 0.1) is 12.5 Å². The van der Waals surface area contributed by atoms with Crippen LogP contribution in [0.5, 0.6) is 0 Å². The summed E-state index contributed by atoms with van der Waals surface area (Å²) in [4.78, 5) is 1.99. The molecule has 0 aliphatic heterocycles. The van der Waals surface area contributed by atoms with Gasteiger partial charge in [-0.25, -0.2) is 0 Å². The molecule has 0 amide bonds. The van der Waals surface area contributed by atoms with Crippen molar-refractivity contribution in [2.45, 2.75) is 19.8 Å². The van der Waals surface area contributed by atoms with Gasteiger partial charge in [0.15, 0.2) is 5.11 Å². The molecule has 0 saturated carbocycles. The predicted molar refractivity (Wildman–Crippen MR) is 64.6 cm³/mol. The fourth-order valence-corrected chi connectivity index (χ4v) is 1.43. The second kappa shape index (κ2) is 9.69. The van der Waals surface area contributed by atoms with Crippen molar-refractivity contribution in [3.8, 4) is 6.07 Å². The van der Waals surface area contributed by atoms with Gasteiger partial charge in [0, 0.05) is 33.4 Å². The quantitative estimate of drug-likeness (QED) is 0.524. The van der Waals surface area contributed by atoms with Gasteiger partial charge in [-0.1, -0.05) is 0 Å². The Morgan fingerprint density at radius 2 is 2.33 bits per heavy atom. The van der Waals surface area contributed by atoms with E-state index < -0.39 is 0 Å². The van der Waals surface area contributed by atoms with Crippen LogP contribution in [0.25, 0.3) is 0 Å². The van der Waals surface area contributed by atoms with Gasteiger partial charge in [-0.15, -0.1) is 0 Å². The summed E-state index contributed by atoms with van der Waals surface area (Å²) in [6.45, 7) is 5.11. The first kappa shape index (κ1) is 14.1. The highest BCUT2D eigenvalue weighted by Crippen LogP contribution is 1.92. The highest BCUT2D eigenvalue weighted by Gasteiger charge is 2.05. The molecular formula is C10H19N3OS. The van der Waals surface area contributed by atoms with Crippen LogP contribution in [-0.2, 0) is 4.74 Å². The largest absolute Gasteiger partial charge is 0.385 e. The Labute approximate surface area is 97.2 Å². The van der Waals surface area contributed by atoms with E-state index in [4.69, 9.17) is 22.2 Å². The van der Waals surface area contributed by atoms with Crippen molar-refractivity contribution in [2.24, 2.45) is 0 Å². The molecule has 0 aromatic heterocycles. The zero-order valence-corrected chi connectivity index (χ0v) is 10.3. The number of methoxy groups -OCH3 is 1. The first-order valence-electron chi connectivity index (χ1n) is 5.14. The summed E-state index contributed by atoms with van der Waals surface area (Å²) in [5.41, 5.74) is 0. The summed E-state index contributed by atoms with van der Waals surface area (Å²) in [6.07, 6.45) is 1.44. The molecule has 0 radical (unpaired) electrons. The highest BCUT2D eigenvalue weighted by atomic mass is 32.1. The van der Waals surface area contributed by atoms with Gasteiger partial charge in [-0.3, -0.25) is 0 Å². The summed E-state index contributed by atoms with van der Waals surface area (Å²) in [5.74, 6) is 0. The molecule has 5 heteroatoms. The van der Waals surface area contributed by atoms with Crippen LogP contribution in [0.15, 0.2) is 0 Å². The molecule has 0 aliphatic rings. The van der Waals surface area contributed by atoms with Gasteiger partial charge in [0.1, 0.15) is 0 Å². The number of rotatable bonds is 7. The lowest BCUT2D eigenvalue weighted by atomic mass is 10.4. The molecule has 0 aromatic rings. The zero-order chi connectivity index (χ0) is 11.5. The van der Waals surface area contributed by atoms with E-state index in [9.17, 15) is 0 Å². The maximum Gasteiger partial charge on any atom is 0.168 e. The molecule has 86 valence electrons. The van der Waals surface area contributed by atoms with E-state index in [0.717, 1.165) is 31.2 Å². The Morgan fingerprint density at radius 1 is 1.60 bits per heavy atom. The van der Waals surface area contributed by atoms with Crippen LogP contribution < -0.4 is 5.32 Å². The summed E-state index contributed by atoms with van der Waals surface area (Å²) in [5, 5.41) is 12.4. The first-order valence-corrected chi connectivity index (χ1v) is 5.55. The molecule has 0 saturated heterocycles. The molecule has 0 fully saturated rings. The second-order valence-corrected chi connectivity index (χ2v) is 3.45. The van der Waals surface area contributed by atoms with E-state index in [0.29, 0.717) is 13.0 Å². The maximum absolute atomic E-state index is 8.48. The number of hydrogen-bond donors (Lipinski definition) is 1. The van der Waals surface area contributed by atoms with Crippen molar-refractivity contribution < 1.29 is 4.74 Å². The number of ether oxygens (including phenoxy) is 1. The maximum atomic E-state index is 8.48. The van der Waals surface area contributed by atoms with E-state index in [1.165, 1.54) is 0 Å². The molecule has 0 rings (SSSR count). The smallest absolute Gasteiger partial charge is 0.168 e. The van der Waals surface area contributed by atoms with Gasteiger partial charge in [0.2, 0.25) is 0 Å². The number of thiocarbonyl (C=S) groups is 1. The Balaban J connectivity index is 3.69. The minimum atomic E-state index is 0.508. The van der Waals surface area contributed by atoms with Crippen LogP contribution in [0.1, 0.15) is 19.8 Å². The highest BCUT2D eigenvalue weighted by molar-refractivity contribution is 7.80. The van der Waals surface area contributed by atoms with Gasteiger partial charge in [-0.2, -0.15) is 5.26 Å². The molecule has 0 spiro atoms. The van der Waals surface area contributed by atoms with Crippen molar-refractivity contribution in [3.63, 3.8) is 0 Å². The molecule has 15 heavy (non-hydrogen) atoms. The predicted octanol–water partition coefficient (Wildman–Crippen LogP) is 1.13. The SMILES string of the molecule is CCN(CCC#N)C(=S)NCCCOC. The zero-order valence-electron chi connectivity index (χ0n) is 9.45. The first-order chi connectivity index (χ1) is 7.26. The van der Waals surface area contributed by atoms with Crippen molar-refractivity contribution in [1.29, 1.82) is 5.26 Å². The molecule has 0 heterocycles. The third kappa shape index (κ3) is 7.11. The van der Waals surface area contributed by atoms with Crippen molar-refractivity contribution in [1.82, 2.24) is 10.2 Å². The minimum Gasteiger partial charge on any atom is -0.385 e. The van der Waals surface area contributed by atoms with Gasteiger partial charge in [-0.05, 0) is 25.6 Å². The van der Waals surface area contributed by atoms with Gasteiger partial charge in [0.25, 0.3) is 0 Å². The summed E-state index contributed by atoms with van der Waals surface area (Å²) < 4.78 is 4.94. The third-order valence-corrected chi connectivity index (χ3v) is 2.37. The van der Waals surface area contributed by atoms with E-state index >= 15 is 0 Å². The molecule has 0 atom stereocenters. The fourth-order valence-electron chi connectivity index (χ4n) is 1.11. The normalized spacial score (nSPS) is 9.40. The Morgan fingerprint density at radius 3 is 2.87 bits per heavy atom. The van der Waals surface area contributed by atoms with Crippen LogP contribution >= 0.6 is 12.2 Å². The van der Waals surface area contributed by atoms with E-state index in [1.807, 2.05) is 11.8 Å². The van der Waals surface area contributed by atoms with Gasteiger partial charge >= 0.3 is 0 Å². The van der Waals surface area contributed by atoms with Crippen LogP contribution in [0.3, 0.4) is 0 Å². The molecule has 0 aliphatic carbocycles. The molecular weight excluding hydrogens is 210 g/mol. The number of nitrogens with zero attached hydrogens (tertiary/aromatic N) is 2. The van der Waals surface area contributed by atoms with Crippen molar-refractivity contribution >= 4 is 17.3 Å². The molecule has 0 bridgehead atoms. The van der Waals surface area contributed by atoms with Crippen molar-refractivity contribution in [3.05, 3.63) is 0 Å². The molecule has 0 aromatic carbocycles. The molecule has 1 N–H and O–H groups in total. The van der Waals surface area contributed by atoms with Crippen LogP contribution in [0, 0.1) is 11.3 Å².